The maximum Gasteiger partial charge on any atom is 0.274 e. The number of rotatable bonds is 5. The SMILES string of the molecule is CCc1ccc(C(F)(F)CCN2CCNCC2)cc1. The lowest BCUT2D eigenvalue weighted by molar-refractivity contribution is -0.0226. The maximum absolute atomic E-state index is 14.1. The van der Waals surface area contributed by atoms with E-state index in [1.807, 2.05) is 6.92 Å². The summed E-state index contributed by atoms with van der Waals surface area (Å²) in [6.45, 7) is 6.02. The van der Waals surface area contributed by atoms with Crippen LogP contribution in [0.1, 0.15) is 24.5 Å². The summed E-state index contributed by atoms with van der Waals surface area (Å²) in [5, 5.41) is 3.23. The van der Waals surface area contributed by atoms with Crippen LogP contribution in [0.15, 0.2) is 24.3 Å². The first kappa shape index (κ1) is 14.4. The van der Waals surface area contributed by atoms with E-state index in [-0.39, 0.29) is 12.0 Å². The fourth-order valence-electron chi connectivity index (χ4n) is 2.36. The predicted octanol–water partition coefficient (Wildman–Crippen LogP) is 2.64. The van der Waals surface area contributed by atoms with Crippen molar-refractivity contribution in [3.8, 4) is 0 Å². The molecule has 1 aliphatic heterocycles. The van der Waals surface area contributed by atoms with Crippen molar-refractivity contribution in [2.45, 2.75) is 25.7 Å². The molecule has 0 aromatic heterocycles. The van der Waals surface area contributed by atoms with Crippen LogP contribution in [0.5, 0.6) is 0 Å². The molecule has 0 bridgehead atoms. The van der Waals surface area contributed by atoms with Crippen molar-refractivity contribution in [2.24, 2.45) is 0 Å². The van der Waals surface area contributed by atoms with Gasteiger partial charge in [-0.2, -0.15) is 0 Å². The van der Waals surface area contributed by atoms with Crippen LogP contribution in [-0.2, 0) is 12.3 Å². The summed E-state index contributed by atoms with van der Waals surface area (Å²) in [5.74, 6) is -2.73. The van der Waals surface area contributed by atoms with E-state index in [0.717, 1.165) is 38.2 Å². The molecule has 0 aliphatic carbocycles. The van der Waals surface area contributed by atoms with Crippen molar-refractivity contribution in [1.29, 1.82) is 0 Å². The summed E-state index contributed by atoms with van der Waals surface area (Å²) in [6.07, 6.45) is 0.783. The molecule has 1 aromatic rings. The molecule has 0 unspecified atom stereocenters. The summed E-state index contributed by atoms with van der Waals surface area (Å²) in [6, 6.07) is 6.73. The zero-order chi connectivity index (χ0) is 13.7. The first-order chi connectivity index (χ1) is 9.12. The second-order valence-electron chi connectivity index (χ2n) is 5.10. The topological polar surface area (TPSA) is 15.3 Å². The quantitative estimate of drug-likeness (QED) is 0.883. The number of hydrogen-bond donors (Lipinski definition) is 1. The van der Waals surface area contributed by atoms with Crippen LogP contribution in [0, 0.1) is 0 Å². The molecule has 1 heterocycles. The number of hydrogen-bond acceptors (Lipinski definition) is 2. The van der Waals surface area contributed by atoms with Gasteiger partial charge < -0.3 is 10.2 Å². The Balaban J connectivity index is 1.92. The van der Waals surface area contributed by atoms with Crippen LogP contribution in [0.2, 0.25) is 0 Å². The molecule has 1 aliphatic rings. The van der Waals surface area contributed by atoms with Gasteiger partial charge in [0.25, 0.3) is 5.92 Å². The van der Waals surface area contributed by atoms with E-state index in [0.29, 0.717) is 6.54 Å². The number of aryl methyl sites for hydroxylation is 1. The van der Waals surface area contributed by atoms with Crippen LogP contribution in [0.3, 0.4) is 0 Å². The maximum atomic E-state index is 14.1. The molecular weight excluding hydrogens is 246 g/mol. The van der Waals surface area contributed by atoms with E-state index in [2.05, 4.69) is 10.2 Å². The Hall–Kier alpha value is -1.00. The normalized spacial score (nSPS) is 17.6. The second-order valence-corrected chi connectivity index (χ2v) is 5.10. The summed E-state index contributed by atoms with van der Waals surface area (Å²) in [7, 11) is 0. The molecule has 0 radical (unpaired) electrons. The van der Waals surface area contributed by atoms with Gasteiger partial charge >= 0.3 is 0 Å². The van der Waals surface area contributed by atoms with Crippen molar-refractivity contribution in [1.82, 2.24) is 10.2 Å². The molecular formula is C15H22F2N2. The highest BCUT2D eigenvalue weighted by molar-refractivity contribution is 5.25. The van der Waals surface area contributed by atoms with Gasteiger partial charge in [-0.1, -0.05) is 31.2 Å². The summed E-state index contributed by atoms with van der Waals surface area (Å²) in [4.78, 5) is 2.10. The first-order valence-corrected chi connectivity index (χ1v) is 7.02. The first-order valence-electron chi connectivity index (χ1n) is 7.02. The number of benzene rings is 1. The van der Waals surface area contributed by atoms with Crippen LogP contribution in [-0.4, -0.2) is 37.6 Å². The largest absolute Gasteiger partial charge is 0.314 e. The molecule has 19 heavy (non-hydrogen) atoms. The van der Waals surface area contributed by atoms with E-state index in [1.165, 1.54) is 0 Å². The summed E-state index contributed by atoms with van der Waals surface area (Å²) >= 11 is 0. The van der Waals surface area contributed by atoms with Crippen LogP contribution in [0.25, 0.3) is 0 Å². The highest BCUT2D eigenvalue weighted by Gasteiger charge is 2.31. The third kappa shape index (κ3) is 3.98. The molecule has 1 N–H and O–H groups in total. The lowest BCUT2D eigenvalue weighted by Crippen LogP contribution is -2.44. The van der Waals surface area contributed by atoms with Crippen molar-refractivity contribution in [3.63, 3.8) is 0 Å². The van der Waals surface area contributed by atoms with Gasteiger partial charge in [0.05, 0.1) is 0 Å². The number of nitrogens with one attached hydrogen (secondary N) is 1. The Kier molecular flexibility index (Phi) is 4.88. The highest BCUT2D eigenvalue weighted by atomic mass is 19.3. The monoisotopic (exact) mass is 268 g/mol. The molecule has 0 saturated carbocycles. The van der Waals surface area contributed by atoms with E-state index in [1.54, 1.807) is 24.3 Å². The molecule has 0 spiro atoms. The van der Waals surface area contributed by atoms with Gasteiger partial charge in [-0.3, -0.25) is 0 Å². The van der Waals surface area contributed by atoms with Gasteiger partial charge in [0.2, 0.25) is 0 Å². The average molecular weight is 268 g/mol. The number of nitrogens with zero attached hydrogens (tertiary/aromatic N) is 1. The lowest BCUT2D eigenvalue weighted by Gasteiger charge is -2.28. The molecule has 106 valence electrons. The molecule has 2 rings (SSSR count). The second kappa shape index (κ2) is 6.44. The third-order valence-electron chi connectivity index (χ3n) is 3.74. The van der Waals surface area contributed by atoms with Crippen LogP contribution in [0.4, 0.5) is 8.78 Å². The lowest BCUT2D eigenvalue weighted by atomic mass is 10.0. The van der Waals surface area contributed by atoms with Gasteiger partial charge in [-0.05, 0) is 12.0 Å². The molecule has 0 atom stereocenters. The van der Waals surface area contributed by atoms with Gasteiger partial charge in [0.15, 0.2) is 0 Å². The van der Waals surface area contributed by atoms with Gasteiger partial charge in [0.1, 0.15) is 0 Å². The summed E-state index contributed by atoms with van der Waals surface area (Å²) in [5.41, 5.74) is 1.24. The number of piperazine rings is 1. The predicted molar refractivity (Wildman–Crippen MR) is 73.6 cm³/mol. The Bertz CT molecular complexity index is 384. The highest BCUT2D eigenvalue weighted by Crippen LogP contribution is 2.32. The Morgan fingerprint density at radius 2 is 1.79 bits per heavy atom. The van der Waals surface area contributed by atoms with Crippen molar-refractivity contribution >= 4 is 0 Å². The van der Waals surface area contributed by atoms with Gasteiger partial charge in [0, 0.05) is 44.7 Å². The van der Waals surface area contributed by atoms with Gasteiger partial charge in [-0.25, -0.2) is 8.78 Å². The fourth-order valence-corrected chi connectivity index (χ4v) is 2.36. The Labute approximate surface area is 113 Å². The van der Waals surface area contributed by atoms with Crippen LogP contribution < -0.4 is 5.32 Å². The smallest absolute Gasteiger partial charge is 0.274 e. The van der Waals surface area contributed by atoms with Crippen LogP contribution >= 0.6 is 0 Å². The zero-order valence-corrected chi connectivity index (χ0v) is 11.5. The Morgan fingerprint density at radius 1 is 1.16 bits per heavy atom. The van der Waals surface area contributed by atoms with Gasteiger partial charge in [-0.15, -0.1) is 0 Å². The molecule has 4 heteroatoms. The minimum absolute atomic E-state index is 0.0987. The minimum Gasteiger partial charge on any atom is -0.314 e. The summed E-state index contributed by atoms with van der Waals surface area (Å²) < 4.78 is 28.2. The van der Waals surface area contributed by atoms with E-state index in [4.69, 9.17) is 0 Å². The Morgan fingerprint density at radius 3 is 2.37 bits per heavy atom. The standard InChI is InChI=1S/C15H22F2N2/c1-2-13-3-5-14(6-4-13)15(16,17)7-10-19-11-8-18-9-12-19/h3-6,18H,2,7-12H2,1H3. The number of alkyl halides is 2. The van der Waals surface area contributed by atoms with E-state index >= 15 is 0 Å². The number of halogens is 2. The van der Waals surface area contributed by atoms with Crippen molar-refractivity contribution < 1.29 is 8.78 Å². The average Bonchev–Trinajstić information content (AvgIpc) is 2.46. The fraction of sp³-hybridized carbons (Fsp3) is 0.600. The third-order valence-corrected chi connectivity index (χ3v) is 3.74. The molecule has 2 nitrogen and oxygen atoms in total. The van der Waals surface area contributed by atoms with E-state index in [9.17, 15) is 8.78 Å². The molecule has 1 fully saturated rings. The van der Waals surface area contributed by atoms with Crippen molar-refractivity contribution in [3.05, 3.63) is 35.4 Å². The molecule has 1 aromatic carbocycles. The minimum atomic E-state index is -2.73. The van der Waals surface area contributed by atoms with E-state index < -0.39 is 5.92 Å². The van der Waals surface area contributed by atoms with Crippen molar-refractivity contribution in [2.75, 3.05) is 32.7 Å². The zero-order valence-electron chi connectivity index (χ0n) is 11.5. The molecule has 0 amide bonds. The molecule has 1 saturated heterocycles.